The lowest BCUT2D eigenvalue weighted by Gasteiger charge is -2.30. The summed E-state index contributed by atoms with van der Waals surface area (Å²) >= 11 is 0. The van der Waals surface area contributed by atoms with Gasteiger partial charge < -0.3 is 11.1 Å². The van der Waals surface area contributed by atoms with Gasteiger partial charge in [0.05, 0.1) is 17.2 Å². The molecule has 0 radical (unpaired) electrons. The van der Waals surface area contributed by atoms with Gasteiger partial charge >= 0.3 is 0 Å². The van der Waals surface area contributed by atoms with E-state index in [4.69, 9.17) is 5.73 Å². The predicted octanol–water partition coefficient (Wildman–Crippen LogP) is 2.02. The summed E-state index contributed by atoms with van der Waals surface area (Å²) in [6, 6.07) is 5.59. The van der Waals surface area contributed by atoms with Crippen LogP contribution in [0.1, 0.15) is 45.3 Å². The lowest BCUT2D eigenvalue weighted by Crippen LogP contribution is -2.46. The minimum Gasteiger partial charge on any atom is -0.347 e. The Bertz CT molecular complexity index is 366. The number of pyridine rings is 1. The SMILES string of the molecule is CCC(CC)(CN)C(=O)NC(C)c1ccccn1. The molecule has 0 aliphatic rings. The van der Waals surface area contributed by atoms with E-state index >= 15 is 0 Å². The van der Waals surface area contributed by atoms with E-state index in [1.54, 1.807) is 6.20 Å². The highest BCUT2D eigenvalue weighted by molar-refractivity contribution is 5.83. The fourth-order valence-electron chi connectivity index (χ4n) is 2.01. The summed E-state index contributed by atoms with van der Waals surface area (Å²) in [5.41, 5.74) is 6.18. The zero-order chi connectivity index (χ0) is 13.6. The predicted molar refractivity (Wildman–Crippen MR) is 72.9 cm³/mol. The number of rotatable bonds is 6. The fraction of sp³-hybridized carbons (Fsp3) is 0.571. The molecule has 1 unspecified atom stereocenters. The summed E-state index contributed by atoms with van der Waals surface area (Å²) < 4.78 is 0. The Morgan fingerprint density at radius 1 is 1.44 bits per heavy atom. The number of nitrogens with one attached hydrogen (secondary N) is 1. The molecule has 4 heteroatoms. The van der Waals surface area contributed by atoms with Gasteiger partial charge in [-0.2, -0.15) is 0 Å². The van der Waals surface area contributed by atoms with Gasteiger partial charge in [0, 0.05) is 12.7 Å². The summed E-state index contributed by atoms with van der Waals surface area (Å²) in [7, 11) is 0. The maximum absolute atomic E-state index is 12.3. The smallest absolute Gasteiger partial charge is 0.227 e. The van der Waals surface area contributed by atoms with Crippen LogP contribution in [-0.4, -0.2) is 17.4 Å². The van der Waals surface area contributed by atoms with Crippen LogP contribution in [-0.2, 0) is 4.79 Å². The highest BCUT2D eigenvalue weighted by Crippen LogP contribution is 2.26. The van der Waals surface area contributed by atoms with Gasteiger partial charge in [0.1, 0.15) is 0 Å². The van der Waals surface area contributed by atoms with Crippen molar-refractivity contribution < 1.29 is 4.79 Å². The van der Waals surface area contributed by atoms with Gasteiger partial charge in [-0.1, -0.05) is 19.9 Å². The van der Waals surface area contributed by atoms with Crippen LogP contribution in [0.3, 0.4) is 0 Å². The first-order valence-corrected chi connectivity index (χ1v) is 6.51. The average Bonchev–Trinajstić information content (AvgIpc) is 2.42. The Labute approximate surface area is 109 Å². The van der Waals surface area contributed by atoms with Crippen LogP contribution in [0.5, 0.6) is 0 Å². The molecule has 0 saturated heterocycles. The number of aromatic nitrogens is 1. The van der Waals surface area contributed by atoms with Crippen molar-refractivity contribution in [1.82, 2.24) is 10.3 Å². The van der Waals surface area contributed by atoms with Crippen LogP contribution < -0.4 is 11.1 Å². The zero-order valence-corrected chi connectivity index (χ0v) is 11.4. The molecule has 100 valence electrons. The molecule has 3 N–H and O–H groups in total. The molecule has 0 spiro atoms. The van der Waals surface area contributed by atoms with Crippen LogP contribution in [0.2, 0.25) is 0 Å². The molecule has 0 fully saturated rings. The van der Waals surface area contributed by atoms with Crippen LogP contribution in [0.25, 0.3) is 0 Å². The van der Waals surface area contributed by atoms with Crippen molar-refractivity contribution in [2.24, 2.45) is 11.1 Å². The quantitative estimate of drug-likeness (QED) is 0.810. The Hall–Kier alpha value is -1.42. The van der Waals surface area contributed by atoms with Crippen LogP contribution >= 0.6 is 0 Å². The second kappa shape index (κ2) is 6.50. The molecule has 0 saturated carbocycles. The van der Waals surface area contributed by atoms with Gasteiger partial charge in [0.15, 0.2) is 0 Å². The highest BCUT2D eigenvalue weighted by Gasteiger charge is 2.34. The van der Waals surface area contributed by atoms with E-state index in [1.165, 1.54) is 0 Å². The Balaban J connectivity index is 2.75. The summed E-state index contributed by atoms with van der Waals surface area (Å²) in [4.78, 5) is 16.6. The molecule has 1 heterocycles. The van der Waals surface area contributed by atoms with E-state index in [9.17, 15) is 4.79 Å². The van der Waals surface area contributed by atoms with Crippen molar-refractivity contribution in [3.8, 4) is 0 Å². The second-order valence-electron chi connectivity index (χ2n) is 4.64. The van der Waals surface area contributed by atoms with Crippen molar-refractivity contribution in [3.05, 3.63) is 30.1 Å². The van der Waals surface area contributed by atoms with Crippen LogP contribution in [0, 0.1) is 5.41 Å². The van der Waals surface area contributed by atoms with E-state index in [-0.39, 0.29) is 11.9 Å². The Morgan fingerprint density at radius 2 is 2.11 bits per heavy atom. The normalized spacial score (nSPS) is 13.1. The summed E-state index contributed by atoms with van der Waals surface area (Å²) in [6.07, 6.45) is 3.23. The largest absolute Gasteiger partial charge is 0.347 e. The molecule has 1 aromatic heterocycles. The van der Waals surface area contributed by atoms with Gasteiger partial charge in [0.2, 0.25) is 5.91 Å². The lowest BCUT2D eigenvalue weighted by atomic mass is 9.81. The summed E-state index contributed by atoms with van der Waals surface area (Å²) in [5, 5.41) is 3.01. The van der Waals surface area contributed by atoms with Crippen LogP contribution in [0.4, 0.5) is 0 Å². The van der Waals surface area contributed by atoms with E-state index < -0.39 is 5.41 Å². The first kappa shape index (κ1) is 14.6. The lowest BCUT2D eigenvalue weighted by molar-refractivity contribution is -0.131. The molecule has 1 rings (SSSR count). The van der Waals surface area contributed by atoms with Crippen molar-refractivity contribution in [1.29, 1.82) is 0 Å². The van der Waals surface area contributed by atoms with Gasteiger partial charge in [-0.25, -0.2) is 0 Å². The van der Waals surface area contributed by atoms with Crippen molar-refractivity contribution in [3.63, 3.8) is 0 Å². The fourth-order valence-corrected chi connectivity index (χ4v) is 2.01. The van der Waals surface area contributed by atoms with Crippen molar-refractivity contribution in [2.75, 3.05) is 6.54 Å². The third kappa shape index (κ3) is 3.07. The van der Waals surface area contributed by atoms with Crippen LogP contribution in [0.15, 0.2) is 24.4 Å². The number of nitrogens with zero attached hydrogens (tertiary/aromatic N) is 1. The summed E-state index contributed by atoms with van der Waals surface area (Å²) in [6.45, 7) is 6.32. The van der Waals surface area contributed by atoms with Crippen molar-refractivity contribution in [2.45, 2.75) is 39.7 Å². The molecule has 18 heavy (non-hydrogen) atoms. The average molecular weight is 249 g/mol. The Morgan fingerprint density at radius 3 is 2.56 bits per heavy atom. The molecule has 1 amide bonds. The Kier molecular flexibility index (Phi) is 5.28. The van der Waals surface area contributed by atoms with E-state index in [1.807, 2.05) is 39.0 Å². The van der Waals surface area contributed by atoms with Gasteiger partial charge in [-0.15, -0.1) is 0 Å². The number of carbonyl (C=O) groups is 1. The first-order chi connectivity index (χ1) is 8.59. The molecule has 1 aromatic rings. The molecule has 0 aliphatic carbocycles. The molecule has 0 bridgehead atoms. The van der Waals surface area contributed by atoms with E-state index in [0.717, 1.165) is 18.5 Å². The third-order valence-electron chi connectivity index (χ3n) is 3.70. The minimum atomic E-state index is -0.455. The van der Waals surface area contributed by atoms with Gasteiger partial charge in [-0.05, 0) is 31.9 Å². The molecule has 0 aliphatic heterocycles. The first-order valence-electron chi connectivity index (χ1n) is 6.51. The standard InChI is InChI=1S/C14H23N3O/c1-4-14(5-2,10-15)13(18)17-11(3)12-8-6-7-9-16-12/h6-9,11H,4-5,10,15H2,1-3H3,(H,17,18). The monoisotopic (exact) mass is 249 g/mol. The van der Waals surface area contributed by atoms with Crippen molar-refractivity contribution >= 4 is 5.91 Å². The molecular weight excluding hydrogens is 226 g/mol. The number of hydrogen-bond donors (Lipinski definition) is 2. The number of amides is 1. The molecule has 4 nitrogen and oxygen atoms in total. The van der Waals surface area contributed by atoms with E-state index in [0.29, 0.717) is 6.54 Å². The van der Waals surface area contributed by atoms with Gasteiger partial charge in [0.25, 0.3) is 0 Å². The van der Waals surface area contributed by atoms with E-state index in [2.05, 4.69) is 10.3 Å². The molecule has 1 atom stereocenters. The molecule has 0 aromatic carbocycles. The molecular formula is C14H23N3O. The number of hydrogen-bond acceptors (Lipinski definition) is 3. The minimum absolute atomic E-state index is 0.0214. The third-order valence-corrected chi connectivity index (χ3v) is 3.70. The summed E-state index contributed by atoms with van der Waals surface area (Å²) in [5.74, 6) is 0.0214. The maximum Gasteiger partial charge on any atom is 0.227 e. The topological polar surface area (TPSA) is 68.0 Å². The van der Waals surface area contributed by atoms with Gasteiger partial charge in [-0.3, -0.25) is 9.78 Å². The number of nitrogens with two attached hydrogens (primary N) is 1. The maximum atomic E-state index is 12.3. The highest BCUT2D eigenvalue weighted by atomic mass is 16.2. The zero-order valence-electron chi connectivity index (χ0n) is 11.4. The number of carbonyl (C=O) groups excluding carboxylic acids is 1. The second-order valence-corrected chi connectivity index (χ2v) is 4.64.